The molecule has 0 saturated carbocycles. The molecule has 1 heterocycles. The molecular formula is C10H13Br3N2. The van der Waals surface area contributed by atoms with Crippen LogP contribution in [-0.4, -0.2) is 23.4 Å². The van der Waals surface area contributed by atoms with Gasteiger partial charge in [-0.2, -0.15) is 0 Å². The van der Waals surface area contributed by atoms with Crippen LogP contribution in [0.4, 0.5) is 5.82 Å². The summed E-state index contributed by atoms with van der Waals surface area (Å²) in [6.07, 6.45) is 2.95. The zero-order valence-electron chi connectivity index (χ0n) is 8.51. The Morgan fingerprint density at radius 3 is 2.67 bits per heavy atom. The van der Waals surface area contributed by atoms with Crippen molar-refractivity contribution in [2.24, 2.45) is 0 Å². The molecular weight excluding hydrogens is 388 g/mol. The Bertz CT molecular complexity index is 318. The zero-order valence-corrected chi connectivity index (χ0v) is 13.3. The maximum atomic E-state index is 4.42. The first-order valence-corrected chi connectivity index (χ1v) is 7.51. The van der Waals surface area contributed by atoms with E-state index < -0.39 is 0 Å². The molecule has 0 aliphatic carbocycles. The number of aromatic nitrogens is 1. The minimum atomic E-state index is 0.972. The largest absolute Gasteiger partial charge is 0.356 e. The number of pyridine rings is 1. The van der Waals surface area contributed by atoms with Crippen LogP contribution in [0.1, 0.15) is 13.3 Å². The highest BCUT2D eigenvalue weighted by atomic mass is 79.9. The monoisotopic (exact) mass is 398 g/mol. The number of hydrogen-bond acceptors (Lipinski definition) is 2. The summed E-state index contributed by atoms with van der Waals surface area (Å²) < 4.78 is 2.03. The lowest BCUT2D eigenvalue weighted by Gasteiger charge is -2.22. The maximum absolute atomic E-state index is 4.42. The molecule has 0 N–H and O–H groups in total. The van der Waals surface area contributed by atoms with Crippen LogP contribution < -0.4 is 4.90 Å². The highest BCUT2D eigenvalue weighted by Crippen LogP contribution is 2.26. The zero-order chi connectivity index (χ0) is 11.3. The fraction of sp³-hybridized carbons (Fsp3) is 0.500. The Balaban J connectivity index is 2.81. The van der Waals surface area contributed by atoms with E-state index in [0.717, 1.165) is 39.6 Å². The first-order valence-electron chi connectivity index (χ1n) is 4.81. The molecule has 0 radical (unpaired) electrons. The van der Waals surface area contributed by atoms with Crippen LogP contribution in [0.15, 0.2) is 21.2 Å². The van der Waals surface area contributed by atoms with Crippen molar-refractivity contribution in [3.8, 4) is 0 Å². The van der Waals surface area contributed by atoms with Gasteiger partial charge in [0.25, 0.3) is 0 Å². The van der Waals surface area contributed by atoms with E-state index in [-0.39, 0.29) is 0 Å². The van der Waals surface area contributed by atoms with Crippen LogP contribution in [0, 0.1) is 0 Å². The van der Waals surface area contributed by atoms with Crippen LogP contribution >= 0.6 is 47.8 Å². The van der Waals surface area contributed by atoms with E-state index in [2.05, 4.69) is 64.6 Å². The lowest BCUT2D eigenvalue weighted by atomic mass is 10.3. The second-order valence-corrected chi connectivity index (χ2v) is 5.64. The van der Waals surface area contributed by atoms with E-state index in [9.17, 15) is 0 Å². The standard InChI is InChI=1S/C10H13Br3N2/c1-2-15(5-3-4-11)10-9(13)6-8(12)7-14-10/h6-7H,2-5H2,1H3. The quantitative estimate of drug-likeness (QED) is 0.688. The molecule has 2 nitrogen and oxygen atoms in total. The number of anilines is 1. The summed E-state index contributed by atoms with van der Waals surface area (Å²) in [7, 11) is 0. The minimum Gasteiger partial charge on any atom is -0.356 e. The average molecular weight is 401 g/mol. The van der Waals surface area contributed by atoms with E-state index in [1.54, 1.807) is 0 Å². The first kappa shape index (κ1) is 13.5. The minimum absolute atomic E-state index is 0.972. The van der Waals surface area contributed by atoms with Crippen LogP contribution in [0.25, 0.3) is 0 Å². The Morgan fingerprint density at radius 1 is 1.40 bits per heavy atom. The smallest absolute Gasteiger partial charge is 0.142 e. The van der Waals surface area contributed by atoms with E-state index in [4.69, 9.17) is 0 Å². The number of rotatable bonds is 5. The molecule has 0 saturated heterocycles. The van der Waals surface area contributed by atoms with Gasteiger partial charge in [0, 0.05) is 29.1 Å². The second kappa shape index (κ2) is 6.86. The molecule has 0 spiro atoms. The van der Waals surface area contributed by atoms with Crippen molar-refractivity contribution in [3.63, 3.8) is 0 Å². The summed E-state index contributed by atoms with van der Waals surface area (Å²) in [4.78, 5) is 6.68. The van der Waals surface area contributed by atoms with Gasteiger partial charge in [-0.15, -0.1) is 0 Å². The lowest BCUT2D eigenvalue weighted by Crippen LogP contribution is -2.25. The molecule has 0 unspecified atom stereocenters. The molecule has 5 heteroatoms. The number of hydrogen-bond donors (Lipinski definition) is 0. The molecule has 1 aromatic heterocycles. The SMILES string of the molecule is CCN(CCCBr)c1ncc(Br)cc1Br. The van der Waals surface area contributed by atoms with E-state index in [1.807, 2.05) is 12.3 Å². The van der Waals surface area contributed by atoms with Gasteiger partial charge >= 0.3 is 0 Å². The Labute approximate surface area is 116 Å². The molecule has 84 valence electrons. The topological polar surface area (TPSA) is 16.1 Å². The highest BCUT2D eigenvalue weighted by Gasteiger charge is 2.09. The summed E-state index contributed by atoms with van der Waals surface area (Å²) in [6, 6.07) is 2.03. The van der Waals surface area contributed by atoms with Crippen molar-refractivity contribution in [1.29, 1.82) is 0 Å². The van der Waals surface area contributed by atoms with Gasteiger partial charge < -0.3 is 4.90 Å². The molecule has 1 rings (SSSR count). The Morgan fingerprint density at radius 2 is 2.13 bits per heavy atom. The van der Waals surface area contributed by atoms with Gasteiger partial charge in [-0.1, -0.05) is 15.9 Å². The van der Waals surface area contributed by atoms with E-state index in [1.165, 1.54) is 0 Å². The fourth-order valence-electron chi connectivity index (χ4n) is 1.30. The summed E-state index contributed by atoms with van der Waals surface area (Å²) in [5.74, 6) is 1.02. The molecule has 0 atom stereocenters. The van der Waals surface area contributed by atoms with Crippen LogP contribution in [-0.2, 0) is 0 Å². The van der Waals surface area contributed by atoms with Gasteiger partial charge in [-0.3, -0.25) is 0 Å². The third-order valence-corrected chi connectivity index (χ3v) is 3.61. The fourth-order valence-corrected chi connectivity index (χ4v) is 2.79. The van der Waals surface area contributed by atoms with Crippen LogP contribution in [0.3, 0.4) is 0 Å². The third-order valence-electron chi connectivity index (χ3n) is 2.03. The highest BCUT2D eigenvalue weighted by molar-refractivity contribution is 9.11. The van der Waals surface area contributed by atoms with Gasteiger partial charge in [0.1, 0.15) is 5.82 Å². The van der Waals surface area contributed by atoms with Crippen molar-refractivity contribution in [1.82, 2.24) is 4.98 Å². The summed E-state index contributed by atoms with van der Waals surface area (Å²) >= 11 is 10.4. The van der Waals surface area contributed by atoms with E-state index in [0.29, 0.717) is 0 Å². The summed E-state index contributed by atoms with van der Waals surface area (Å²) in [6.45, 7) is 4.14. The molecule has 0 aromatic carbocycles. The molecule has 0 amide bonds. The Hall–Kier alpha value is 0.390. The predicted octanol–water partition coefficient (Wildman–Crippen LogP) is 4.22. The van der Waals surface area contributed by atoms with Crippen LogP contribution in [0.5, 0.6) is 0 Å². The number of nitrogens with zero attached hydrogens (tertiary/aromatic N) is 2. The summed E-state index contributed by atoms with van der Waals surface area (Å²) in [5, 5.41) is 1.03. The normalized spacial score (nSPS) is 10.4. The van der Waals surface area contributed by atoms with Crippen molar-refractivity contribution in [2.45, 2.75) is 13.3 Å². The van der Waals surface area contributed by atoms with Gasteiger partial charge in [-0.25, -0.2) is 4.98 Å². The molecule has 0 bridgehead atoms. The second-order valence-electron chi connectivity index (χ2n) is 3.08. The third kappa shape index (κ3) is 4.04. The van der Waals surface area contributed by atoms with Gasteiger partial charge in [0.05, 0.1) is 4.47 Å². The first-order chi connectivity index (χ1) is 7.19. The molecule has 0 aliphatic rings. The van der Waals surface area contributed by atoms with Crippen molar-refractivity contribution in [2.75, 3.05) is 23.3 Å². The van der Waals surface area contributed by atoms with Crippen LogP contribution in [0.2, 0.25) is 0 Å². The van der Waals surface area contributed by atoms with Crippen molar-refractivity contribution in [3.05, 3.63) is 21.2 Å². The van der Waals surface area contributed by atoms with Gasteiger partial charge in [-0.05, 0) is 51.3 Å². The van der Waals surface area contributed by atoms with Gasteiger partial charge in [0.2, 0.25) is 0 Å². The Kier molecular flexibility index (Phi) is 6.16. The van der Waals surface area contributed by atoms with Crippen molar-refractivity contribution < 1.29 is 0 Å². The number of alkyl halides is 1. The molecule has 1 aromatic rings. The van der Waals surface area contributed by atoms with Gasteiger partial charge in [0.15, 0.2) is 0 Å². The molecule has 0 fully saturated rings. The number of halogens is 3. The summed E-state index contributed by atoms with van der Waals surface area (Å²) in [5.41, 5.74) is 0. The maximum Gasteiger partial charge on any atom is 0.142 e. The average Bonchev–Trinajstić information content (AvgIpc) is 2.21. The van der Waals surface area contributed by atoms with Crippen molar-refractivity contribution >= 4 is 53.6 Å². The lowest BCUT2D eigenvalue weighted by molar-refractivity contribution is 0.783. The molecule has 15 heavy (non-hydrogen) atoms. The van der Waals surface area contributed by atoms with E-state index >= 15 is 0 Å². The molecule has 0 aliphatic heterocycles. The predicted molar refractivity (Wildman–Crippen MR) is 75.9 cm³/mol.